The summed E-state index contributed by atoms with van der Waals surface area (Å²) in [4.78, 5) is 22.0. The van der Waals surface area contributed by atoms with Gasteiger partial charge < -0.3 is 15.7 Å². The summed E-state index contributed by atoms with van der Waals surface area (Å²) in [6.07, 6.45) is 9.16. The molecule has 1 aliphatic rings. The summed E-state index contributed by atoms with van der Waals surface area (Å²) in [7, 11) is 0. The molecule has 0 spiro atoms. The van der Waals surface area contributed by atoms with Gasteiger partial charge in [-0.3, -0.25) is 4.79 Å². The molecule has 5 heteroatoms. The lowest BCUT2D eigenvalue weighted by Gasteiger charge is -2.14. The van der Waals surface area contributed by atoms with Gasteiger partial charge in [0.25, 0.3) is 0 Å². The Morgan fingerprint density at radius 2 is 1.95 bits per heavy atom. The molecule has 0 heterocycles. The van der Waals surface area contributed by atoms with E-state index in [0.29, 0.717) is 12.8 Å². The number of carbonyl (C=O) groups excluding carboxylic acids is 1. The van der Waals surface area contributed by atoms with Gasteiger partial charge in [0, 0.05) is 19.0 Å². The molecule has 0 aliphatic heterocycles. The maximum absolute atomic E-state index is 11.6. The second kappa shape index (κ2) is 9.61. The number of carbonyl (C=O) groups is 2. The Morgan fingerprint density at radius 3 is 2.60 bits per heavy atom. The third-order valence-electron chi connectivity index (χ3n) is 3.95. The first-order chi connectivity index (χ1) is 9.58. The van der Waals surface area contributed by atoms with Crippen LogP contribution in [0.1, 0.15) is 64.7 Å². The lowest BCUT2D eigenvalue weighted by atomic mass is 10.0. The van der Waals surface area contributed by atoms with Crippen molar-refractivity contribution < 1.29 is 14.7 Å². The van der Waals surface area contributed by atoms with E-state index in [0.717, 1.165) is 18.9 Å². The predicted molar refractivity (Wildman–Crippen MR) is 78.7 cm³/mol. The van der Waals surface area contributed by atoms with Gasteiger partial charge in [-0.1, -0.05) is 25.7 Å². The van der Waals surface area contributed by atoms with E-state index in [4.69, 9.17) is 5.11 Å². The highest BCUT2D eigenvalue weighted by Gasteiger charge is 2.14. The number of aliphatic carboxylic acids is 1. The number of hydrogen-bond donors (Lipinski definition) is 3. The van der Waals surface area contributed by atoms with Gasteiger partial charge >= 0.3 is 12.0 Å². The molecule has 1 saturated carbocycles. The molecule has 0 radical (unpaired) electrons. The molecular formula is C15H28N2O3. The first-order valence-corrected chi connectivity index (χ1v) is 7.84. The highest BCUT2D eigenvalue weighted by molar-refractivity contribution is 5.74. The largest absolute Gasteiger partial charge is 0.481 e. The van der Waals surface area contributed by atoms with Gasteiger partial charge in [0.2, 0.25) is 0 Å². The van der Waals surface area contributed by atoms with Gasteiger partial charge in [-0.25, -0.2) is 4.79 Å². The number of urea groups is 1. The summed E-state index contributed by atoms with van der Waals surface area (Å²) in [5, 5.41) is 14.3. The fraction of sp³-hybridized carbons (Fsp3) is 0.867. The zero-order valence-corrected chi connectivity index (χ0v) is 12.5. The monoisotopic (exact) mass is 284 g/mol. The molecule has 2 amide bonds. The zero-order chi connectivity index (χ0) is 14.8. The summed E-state index contributed by atoms with van der Waals surface area (Å²) in [5.74, 6) is 0.0865. The topological polar surface area (TPSA) is 78.4 Å². The molecule has 1 rings (SSSR count). The minimum Gasteiger partial charge on any atom is -0.481 e. The molecule has 116 valence electrons. The SMILES string of the molecule is CC(CCCC(=O)O)NC(=O)NCCCC1CCCC1. The molecule has 0 bridgehead atoms. The minimum atomic E-state index is -0.784. The lowest BCUT2D eigenvalue weighted by molar-refractivity contribution is -0.137. The summed E-state index contributed by atoms with van der Waals surface area (Å²) in [5.41, 5.74) is 0. The molecule has 0 aromatic heterocycles. The van der Waals surface area contributed by atoms with E-state index in [1.54, 1.807) is 0 Å². The van der Waals surface area contributed by atoms with Crippen molar-refractivity contribution in [3.63, 3.8) is 0 Å². The highest BCUT2D eigenvalue weighted by atomic mass is 16.4. The van der Waals surface area contributed by atoms with Crippen molar-refractivity contribution in [2.75, 3.05) is 6.54 Å². The van der Waals surface area contributed by atoms with Crippen LogP contribution in [-0.2, 0) is 4.79 Å². The van der Waals surface area contributed by atoms with Crippen molar-refractivity contribution >= 4 is 12.0 Å². The molecule has 1 unspecified atom stereocenters. The van der Waals surface area contributed by atoms with E-state index in [9.17, 15) is 9.59 Å². The Labute approximate surface area is 121 Å². The van der Waals surface area contributed by atoms with Gasteiger partial charge in [-0.15, -0.1) is 0 Å². The molecule has 0 aromatic carbocycles. The number of hydrogen-bond acceptors (Lipinski definition) is 2. The third kappa shape index (κ3) is 8.02. The average molecular weight is 284 g/mol. The van der Waals surface area contributed by atoms with Crippen LogP contribution in [0, 0.1) is 5.92 Å². The highest BCUT2D eigenvalue weighted by Crippen LogP contribution is 2.28. The Kier molecular flexibility index (Phi) is 8.07. The standard InChI is InChI=1S/C15H28N2O3/c1-12(6-4-10-14(18)19)17-15(20)16-11-5-9-13-7-2-3-8-13/h12-13H,2-11H2,1H3,(H,18,19)(H2,16,17,20). The molecule has 0 saturated heterocycles. The fourth-order valence-electron chi connectivity index (χ4n) is 2.80. The number of rotatable bonds is 9. The van der Waals surface area contributed by atoms with E-state index in [-0.39, 0.29) is 18.5 Å². The van der Waals surface area contributed by atoms with Crippen LogP contribution in [0.5, 0.6) is 0 Å². The van der Waals surface area contributed by atoms with E-state index in [1.807, 2.05) is 6.92 Å². The van der Waals surface area contributed by atoms with Gasteiger partial charge in [0.15, 0.2) is 0 Å². The normalized spacial score (nSPS) is 16.9. The Balaban J connectivity index is 1.97. The number of carboxylic acid groups (broad SMARTS) is 1. The van der Waals surface area contributed by atoms with E-state index >= 15 is 0 Å². The van der Waals surface area contributed by atoms with E-state index < -0.39 is 5.97 Å². The molecule has 3 N–H and O–H groups in total. The van der Waals surface area contributed by atoms with Crippen LogP contribution in [0.25, 0.3) is 0 Å². The van der Waals surface area contributed by atoms with Crippen LogP contribution in [0.15, 0.2) is 0 Å². The lowest BCUT2D eigenvalue weighted by Crippen LogP contribution is -2.41. The molecule has 20 heavy (non-hydrogen) atoms. The Morgan fingerprint density at radius 1 is 1.25 bits per heavy atom. The molecule has 1 fully saturated rings. The smallest absolute Gasteiger partial charge is 0.314 e. The van der Waals surface area contributed by atoms with Crippen LogP contribution < -0.4 is 10.6 Å². The first kappa shape index (κ1) is 16.8. The molecule has 0 aromatic rings. The van der Waals surface area contributed by atoms with Gasteiger partial charge in [0.05, 0.1) is 0 Å². The first-order valence-electron chi connectivity index (χ1n) is 7.84. The second-order valence-corrected chi connectivity index (χ2v) is 5.88. The van der Waals surface area contributed by atoms with E-state index in [2.05, 4.69) is 10.6 Å². The van der Waals surface area contributed by atoms with Crippen LogP contribution in [0.3, 0.4) is 0 Å². The minimum absolute atomic E-state index is 0.0178. The Hall–Kier alpha value is -1.26. The summed E-state index contributed by atoms with van der Waals surface area (Å²) >= 11 is 0. The maximum Gasteiger partial charge on any atom is 0.314 e. The quantitative estimate of drug-likeness (QED) is 0.570. The van der Waals surface area contributed by atoms with Crippen LogP contribution in [-0.4, -0.2) is 29.7 Å². The number of amides is 2. The fourth-order valence-corrected chi connectivity index (χ4v) is 2.80. The van der Waals surface area contributed by atoms with Crippen LogP contribution in [0.4, 0.5) is 4.79 Å². The van der Waals surface area contributed by atoms with Crippen molar-refractivity contribution in [1.29, 1.82) is 0 Å². The van der Waals surface area contributed by atoms with Crippen molar-refractivity contribution in [3.8, 4) is 0 Å². The molecule has 1 aliphatic carbocycles. The van der Waals surface area contributed by atoms with Gasteiger partial charge in [-0.05, 0) is 38.5 Å². The van der Waals surface area contributed by atoms with Crippen molar-refractivity contribution in [2.45, 2.75) is 70.8 Å². The van der Waals surface area contributed by atoms with Crippen LogP contribution >= 0.6 is 0 Å². The number of nitrogens with one attached hydrogen (secondary N) is 2. The zero-order valence-electron chi connectivity index (χ0n) is 12.5. The maximum atomic E-state index is 11.6. The predicted octanol–water partition coefficient (Wildman–Crippen LogP) is 2.90. The summed E-state index contributed by atoms with van der Waals surface area (Å²) in [6.45, 7) is 2.63. The van der Waals surface area contributed by atoms with Crippen molar-refractivity contribution in [3.05, 3.63) is 0 Å². The molecule has 5 nitrogen and oxygen atoms in total. The van der Waals surface area contributed by atoms with Gasteiger partial charge in [0.1, 0.15) is 0 Å². The third-order valence-corrected chi connectivity index (χ3v) is 3.95. The van der Waals surface area contributed by atoms with Crippen molar-refractivity contribution in [2.24, 2.45) is 5.92 Å². The van der Waals surface area contributed by atoms with Crippen molar-refractivity contribution in [1.82, 2.24) is 10.6 Å². The second-order valence-electron chi connectivity index (χ2n) is 5.88. The Bertz CT molecular complexity index is 301. The summed E-state index contributed by atoms with van der Waals surface area (Å²) in [6, 6.07) is -0.122. The summed E-state index contributed by atoms with van der Waals surface area (Å²) < 4.78 is 0. The van der Waals surface area contributed by atoms with Gasteiger partial charge in [-0.2, -0.15) is 0 Å². The molecule has 1 atom stereocenters. The van der Waals surface area contributed by atoms with Crippen LogP contribution in [0.2, 0.25) is 0 Å². The molecular weight excluding hydrogens is 256 g/mol. The number of carboxylic acids is 1. The van der Waals surface area contributed by atoms with E-state index in [1.165, 1.54) is 32.1 Å². The average Bonchev–Trinajstić information content (AvgIpc) is 2.87.